The molecule has 0 aliphatic heterocycles. The SMILES string of the molecule is CC(CN)(CC(CCc1ccccc1)S(=O)O)c1cccc(N=C(N)N)c1. The lowest BCUT2D eigenvalue weighted by Gasteiger charge is -2.32. The Morgan fingerprint density at radius 2 is 1.89 bits per heavy atom. The zero-order valence-electron chi connectivity index (χ0n) is 15.5. The van der Waals surface area contributed by atoms with Gasteiger partial charge in [-0.25, -0.2) is 9.20 Å². The Labute approximate surface area is 163 Å². The fraction of sp³-hybridized carbons (Fsp3) is 0.350. The molecule has 0 aliphatic rings. The Bertz CT molecular complexity index is 794. The molecule has 6 nitrogen and oxygen atoms in total. The predicted molar refractivity (Wildman–Crippen MR) is 112 cm³/mol. The van der Waals surface area contributed by atoms with Gasteiger partial charge in [-0.1, -0.05) is 49.4 Å². The Kier molecular flexibility index (Phi) is 7.53. The van der Waals surface area contributed by atoms with Crippen LogP contribution >= 0.6 is 0 Å². The first-order valence-electron chi connectivity index (χ1n) is 8.88. The summed E-state index contributed by atoms with van der Waals surface area (Å²) in [5.41, 5.74) is 19.3. The van der Waals surface area contributed by atoms with E-state index in [1.54, 1.807) is 6.07 Å². The highest BCUT2D eigenvalue weighted by atomic mass is 32.2. The van der Waals surface area contributed by atoms with Crippen LogP contribution in [0.2, 0.25) is 0 Å². The molecule has 0 bridgehead atoms. The van der Waals surface area contributed by atoms with Gasteiger partial charge in [0, 0.05) is 12.0 Å². The smallest absolute Gasteiger partial charge is 0.191 e. The standard InChI is InChI=1S/C20H28N4O2S/c1-20(14-21,16-8-5-9-17(12-16)24-19(22)23)13-18(27(25)26)11-10-15-6-3-2-4-7-15/h2-9,12,18H,10-11,13-14,21H2,1H3,(H,25,26)(H4,22,23,24). The first-order chi connectivity index (χ1) is 12.8. The number of aliphatic imine (C=N–C) groups is 1. The molecule has 146 valence electrons. The summed E-state index contributed by atoms with van der Waals surface area (Å²) in [7, 11) is 0. The van der Waals surface area contributed by atoms with Gasteiger partial charge in [-0.2, -0.15) is 0 Å². The molecule has 0 aliphatic carbocycles. The molecule has 2 aromatic rings. The lowest BCUT2D eigenvalue weighted by atomic mass is 9.77. The van der Waals surface area contributed by atoms with E-state index in [1.165, 1.54) is 0 Å². The number of nitrogens with zero attached hydrogens (tertiary/aromatic N) is 1. The van der Waals surface area contributed by atoms with Gasteiger partial charge in [0.05, 0.1) is 10.9 Å². The molecule has 0 fully saturated rings. The Morgan fingerprint density at radius 3 is 2.48 bits per heavy atom. The summed E-state index contributed by atoms with van der Waals surface area (Å²) in [6.07, 6.45) is 1.84. The van der Waals surface area contributed by atoms with Gasteiger partial charge in [-0.3, -0.25) is 0 Å². The van der Waals surface area contributed by atoms with E-state index in [9.17, 15) is 8.76 Å². The van der Waals surface area contributed by atoms with E-state index in [1.807, 2.05) is 55.5 Å². The van der Waals surface area contributed by atoms with Gasteiger partial charge in [0.2, 0.25) is 0 Å². The Hall–Kier alpha value is -2.22. The molecule has 0 aromatic heterocycles. The quantitative estimate of drug-likeness (QED) is 0.298. The summed E-state index contributed by atoms with van der Waals surface area (Å²) in [6.45, 7) is 2.35. The number of aryl methyl sites for hydroxylation is 1. The van der Waals surface area contributed by atoms with Crippen LogP contribution in [0.4, 0.5) is 5.69 Å². The van der Waals surface area contributed by atoms with Crippen molar-refractivity contribution in [3.05, 3.63) is 65.7 Å². The molecule has 2 aromatic carbocycles. The summed E-state index contributed by atoms with van der Waals surface area (Å²) in [4.78, 5) is 4.08. The molecule has 0 amide bonds. The second-order valence-electron chi connectivity index (χ2n) is 6.98. The van der Waals surface area contributed by atoms with Crippen LogP contribution in [0, 0.1) is 0 Å². The second kappa shape index (κ2) is 9.64. The maximum absolute atomic E-state index is 12.0. The highest BCUT2D eigenvalue weighted by Crippen LogP contribution is 2.32. The molecule has 0 spiro atoms. The number of hydrogen-bond donors (Lipinski definition) is 4. The van der Waals surface area contributed by atoms with Gasteiger partial charge in [0.25, 0.3) is 0 Å². The number of benzene rings is 2. The third-order valence-corrected chi connectivity index (χ3v) is 5.79. The predicted octanol–water partition coefficient (Wildman–Crippen LogP) is 2.42. The number of guanidine groups is 1. The van der Waals surface area contributed by atoms with Crippen molar-refractivity contribution in [3.63, 3.8) is 0 Å². The molecule has 7 N–H and O–H groups in total. The summed E-state index contributed by atoms with van der Waals surface area (Å²) in [5.74, 6) is -0.0150. The van der Waals surface area contributed by atoms with E-state index in [-0.39, 0.29) is 11.2 Å². The zero-order valence-corrected chi connectivity index (χ0v) is 16.4. The fourth-order valence-electron chi connectivity index (χ4n) is 3.17. The van der Waals surface area contributed by atoms with Crippen molar-refractivity contribution in [2.75, 3.05) is 6.54 Å². The molecule has 3 atom stereocenters. The third kappa shape index (κ3) is 6.16. The molecule has 0 saturated carbocycles. The summed E-state index contributed by atoms with van der Waals surface area (Å²) >= 11 is -1.94. The monoisotopic (exact) mass is 388 g/mol. The van der Waals surface area contributed by atoms with Gasteiger partial charge in [0.1, 0.15) is 0 Å². The molecule has 27 heavy (non-hydrogen) atoms. The lowest BCUT2D eigenvalue weighted by Crippen LogP contribution is -2.37. The highest BCUT2D eigenvalue weighted by Gasteiger charge is 2.31. The first-order valence-corrected chi connectivity index (χ1v) is 10.0. The van der Waals surface area contributed by atoms with Crippen molar-refractivity contribution in [2.45, 2.75) is 36.9 Å². The number of nitrogens with two attached hydrogens (primary N) is 3. The van der Waals surface area contributed by atoms with Crippen molar-refractivity contribution in [2.24, 2.45) is 22.2 Å². The molecular weight excluding hydrogens is 360 g/mol. The summed E-state index contributed by atoms with van der Waals surface area (Å²) in [5, 5.41) is -0.384. The van der Waals surface area contributed by atoms with Crippen LogP contribution in [-0.2, 0) is 22.9 Å². The molecule has 2 rings (SSSR count). The average molecular weight is 389 g/mol. The van der Waals surface area contributed by atoms with Crippen molar-refractivity contribution in [3.8, 4) is 0 Å². The van der Waals surface area contributed by atoms with E-state index in [0.29, 0.717) is 25.1 Å². The molecule has 0 radical (unpaired) electrons. The van der Waals surface area contributed by atoms with Crippen molar-refractivity contribution < 1.29 is 8.76 Å². The van der Waals surface area contributed by atoms with Crippen molar-refractivity contribution in [1.82, 2.24) is 0 Å². The van der Waals surface area contributed by atoms with Crippen LogP contribution in [0.3, 0.4) is 0 Å². The minimum atomic E-state index is -1.94. The molecule has 7 heteroatoms. The Balaban J connectivity index is 2.20. The van der Waals surface area contributed by atoms with E-state index in [4.69, 9.17) is 17.2 Å². The minimum Gasteiger partial charge on any atom is -0.370 e. The molecule has 0 saturated heterocycles. The van der Waals surface area contributed by atoms with Gasteiger partial charge in [-0.15, -0.1) is 0 Å². The molecule has 0 heterocycles. The lowest BCUT2D eigenvalue weighted by molar-refractivity contribution is 0.413. The van der Waals surface area contributed by atoms with Gasteiger partial charge >= 0.3 is 0 Å². The van der Waals surface area contributed by atoms with Crippen LogP contribution in [0.25, 0.3) is 0 Å². The van der Waals surface area contributed by atoms with E-state index >= 15 is 0 Å². The van der Waals surface area contributed by atoms with Crippen molar-refractivity contribution in [1.29, 1.82) is 0 Å². The minimum absolute atomic E-state index is 0.0150. The van der Waals surface area contributed by atoms with Gasteiger partial charge < -0.3 is 21.8 Å². The zero-order chi connectivity index (χ0) is 19.9. The summed E-state index contributed by atoms with van der Waals surface area (Å²) < 4.78 is 21.8. The third-order valence-electron chi connectivity index (χ3n) is 4.81. The van der Waals surface area contributed by atoms with Crippen LogP contribution < -0.4 is 17.2 Å². The fourth-order valence-corrected chi connectivity index (χ4v) is 4.00. The van der Waals surface area contributed by atoms with Crippen LogP contribution in [0.1, 0.15) is 30.9 Å². The van der Waals surface area contributed by atoms with Crippen LogP contribution in [-0.4, -0.2) is 26.5 Å². The number of hydrogen-bond acceptors (Lipinski definition) is 3. The highest BCUT2D eigenvalue weighted by molar-refractivity contribution is 7.79. The van der Waals surface area contributed by atoms with Crippen LogP contribution in [0.5, 0.6) is 0 Å². The van der Waals surface area contributed by atoms with E-state index in [0.717, 1.165) is 17.5 Å². The molecular formula is C20H28N4O2S. The topological polar surface area (TPSA) is 128 Å². The average Bonchev–Trinajstić information content (AvgIpc) is 2.65. The van der Waals surface area contributed by atoms with Gasteiger partial charge in [0.15, 0.2) is 17.0 Å². The number of rotatable bonds is 9. The second-order valence-corrected chi connectivity index (χ2v) is 8.20. The molecule has 3 unspecified atom stereocenters. The largest absolute Gasteiger partial charge is 0.370 e. The van der Waals surface area contributed by atoms with E-state index in [2.05, 4.69) is 4.99 Å². The van der Waals surface area contributed by atoms with Crippen molar-refractivity contribution >= 4 is 22.7 Å². The maximum atomic E-state index is 12.0. The first kappa shape index (κ1) is 21.1. The Morgan fingerprint density at radius 1 is 1.19 bits per heavy atom. The maximum Gasteiger partial charge on any atom is 0.191 e. The van der Waals surface area contributed by atoms with Gasteiger partial charge in [-0.05, 0) is 42.5 Å². The van der Waals surface area contributed by atoms with Crippen LogP contribution in [0.15, 0.2) is 59.6 Å². The normalized spacial score (nSPS) is 15.5. The summed E-state index contributed by atoms with van der Waals surface area (Å²) in [6, 6.07) is 17.4. The van der Waals surface area contributed by atoms with E-state index < -0.39 is 16.5 Å².